The smallest absolute Gasteiger partial charge is 0.330 e. The third-order valence-electron chi connectivity index (χ3n) is 2.06. The monoisotopic (exact) mass is 234 g/mol. The average molecular weight is 234 g/mol. The highest BCUT2D eigenvalue weighted by atomic mass is 16.4. The van der Waals surface area contributed by atoms with Gasteiger partial charge in [-0.2, -0.15) is 0 Å². The predicted molar refractivity (Wildman–Crippen MR) is 63.6 cm³/mol. The summed E-state index contributed by atoms with van der Waals surface area (Å²) in [6.07, 6.45) is 1.51. The molecule has 1 atom stereocenters. The Morgan fingerprint density at radius 3 is 2.53 bits per heavy atom. The Balaban J connectivity index is 2.71. The molecule has 0 aliphatic heterocycles. The maximum atomic E-state index is 11.4. The van der Waals surface area contributed by atoms with Crippen molar-refractivity contribution in [3.63, 3.8) is 0 Å². The molecular formula is C12H14N2O3. The number of carbonyl (C=O) groups excluding carboxylic acids is 1. The van der Waals surface area contributed by atoms with E-state index in [1.54, 1.807) is 30.3 Å². The molecule has 0 saturated heterocycles. The lowest BCUT2D eigenvalue weighted by Gasteiger charge is -2.14. The van der Waals surface area contributed by atoms with Gasteiger partial charge in [0.2, 0.25) is 0 Å². The van der Waals surface area contributed by atoms with Crippen LogP contribution in [0.2, 0.25) is 0 Å². The van der Waals surface area contributed by atoms with Crippen molar-refractivity contribution in [1.82, 2.24) is 10.6 Å². The number of carbonyl (C=O) groups is 2. The lowest BCUT2D eigenvalue weighted by atomic mass is 10.1. The molecule has 1 aromatic carbocycles. The van der Waals surface area contributed by atoms with E-state index in [4.69, 9.17) is 5.11 Å². The van der Waals surface area contributed by atoms with Crippen LogP contribution in [0.4, 0.5) is 4.79 Å². The van der Waals surface area contributed by atoms with Crippen LogP contribution in [-0.4, -0.2) is 23.7 Å². The summed E-state index contributed by atoms with van der Waals surface area (Å²) in [6.45, 7) is 3.73. The standard InChI is InChI=1S/C12H14N2O3/c1-2-8-13-12(17)14-10(11(15)16)9-6-4-3-5-7-9/h2-7,10H,1,8H2,(H,15,16)(H2,13,14,17). The molecule has 0 fully saturated rings. The van der Waals surface area contributed by atoms with Crippen molar-refractivity contribution >= 4 is 12.0 Å². The van der Waals surface area contributed by atoms with E-state index in [0.717, 1.165) is 0 Å². The first-order valence-corrected chi connectivity index (χ1v) is 5.08. The largest absolute Gasteiger partial charge is 0.479 e. The highest BCUT2D eigenvalue weighted by molar-refractivity contribution is 5.83. The van der Waals surface area contributed by atoms with E-state index >= 15 is 0 Å². The van der Waals surface area contributed by atoms with Gasteiger partial charge in [0.15, 0.2) is 6.04 Å². The lowest BCUT2D eigenvalue weighted by Crippen LogP contribution is -2.40. The lowest BCUT2D eigenvalue weighted by molar-refractivity contribution is -0.139. The Hall–Kier alpha value is -2.30. The Labute approximate surface area is 99.1 Å². The van der Waals surface area contributed by atoms with E-state index in [0.29, 0.717) is 5.56 Å². The Morgan fingerprint density at radius 2 is 2.00 bits per heavy atom. The Morgan fingerprint density at radius 1 is 1.35 bits per heavy atom. The Bertz CT molecular complexity index is 403. The highest BCUT2D eigenvalue weighted by Gasteiger charge is 2.21. The first-order chi connectivity index (χ1) is 8.15. The molecule has 0 spiro atoms. The zero-order chi connectivity index (χ0) is 12.7. The fraction of sp³-hybridized carbons (Fsp3) is 0.167. The minimum absolute atomic E-state index is 0.285. The van der Waals surface area contributed by atoms with Crippen molar-refractivity contribution in [2.45, 2.75) is 6.04 Å². The molecule has 1 rings (SSSR count). The quantitative estimate of drug-likeness (QED) is 0.672. The van der Waals surface area contributed by atoms with Crippen molar-refractivity contribution in [1.29, 1.82) is 0 Å². The fourth-order valence-electron chi connectivity index (χ4n) is 1.28. The van der Waals surface area contributed by atoms with Crippen LogP contribution >= 0.6 is 0 Å². The minimum atomic E-state index is -1.11. The summed E-state index contributed by atoms with van der Waals surface area (Å²) < 4.78 is 0. The molecule has 5 nitrogen and oxygen atoms in total. The number of amides is 2. The van der Waals surface area contributed by atoms with E-state index in [1.165, 1.54) is 6.08 Å². The topological polar surface area (TPSA) is 78.4 Å². The molecule has 1 unspecified atom stereocenters. The predicted octanol–water partition coefficient (Wildman–Crippen LogP) is 1.30. The van der Waals surface area contributed by atoms with Crippen LogP contribution in [0.3, 0.4) is 0 Å². The highest BCUT2D eigenvalue weighted by Crippen LogP contribution is 2.12. The van der Waals surface area contributed by atoms with Crippen LogP contribution < -0.4 is 10.6 Å². The van der Waals surface area contributed by atoms with Crippen molar-refractivity contribution in [2.24, 2.45) is 0 Å². The number of rotatable bonds is 5. The summed E-state index contributed by atoms with van der Waals surface area (Å²) in [7, 11) is 0. The molecule has 0 saturated carbocycles. The molecule has 0 radical (unpaired) electrons. The number of hydrogen-bond donors (Lipinski definition) is 3. The second-order valence-electron chi connectivity index (χ2n) is 3.32. The third kappa shape index (κ3) is 3.98. The summed E-state index contributed by atoms with van der Waals surface area (Å²) in [5, 5.41) is 13.9. The average Bonchev–Trinajstić information content (AvgIpc) is 2.34. The maximum absolute atomic E-state index is 11.4. The van der Waals surface area contributed by atoms with E-state index in [-0.39, 0.29) is 6.54 Å². The first-order valence-electron chi connectivity index (χ1n) is 5.08. The van der Waals surface area contributed by atoms with Gasteiger partial charge in [0.05, 0.1) is 0 Å². The van der Waals surface area contributed by atoms with Gasteiger partial charge in [-0.05, 0) is 5.56 Å². The van der Waals surface area contributed by atoms with Gasteiger partial charge in [-0.25, -0.2) is 9.59 Å². The van der Waals surface area contributed by atoms with E-state index < -0.39 is 18.0 Å². The first kappa shape index (κ1) is 12.8. The number of benzene rings is 1. The van der Waals surface area contributed by atoms with Crippen LogP contribution in [0, 0.1) is 0 Å². The van der Waals surface area contributed by atoms with Gasteiger partial charge >= 0.3 is 12.0 Å². The molecule has 2 amide bonds. The number of carboxylic acids is 1. The van der Waals surface area contributed by atoms with Gasteiger partial charge in [0.1, 0.15) is 0 Å². The summed E-state index contributed by atoms with van der Waals surface area (Å²) in [5.41, 5.74) is 0.522. The molecule has 3 N–H and O–H groups in total. The fourth-order valence-corrected chi connectivity index (χ4v) is 1.28. The molecule has 0 aromatic heterocycles. The van der Waals surface area contributed by atoms with E-state index in [9.17, 15) is 9.59 Å². The summed E-state index contributed by atoms with van der Waals surface area (Å²) in [4.78, 5) is 22.4. The maximum Gasteiger partial charge on any atom is 0.330 e. The van der Waals surface area contributed by atoms with Crippen molar-refractivity contribution < 1.29 is 14.7 Å². The van der Waals surface area contributed by atoms with Gasteiger partial charge < -0.3 is 15.7 Å². The minimum Gasteiger partial charge on any atom is -0.479 e. The van der Waals surface area contributed by atoms with Gasteiger partial charge in [0, 0.05) is 6.54 Å². The van der Waals surface area contributed by atoms with Crippen molar-refractivity contribution in [3.8, 4) is 0 Å². The summed E-state index contributed by atoms with van der Waals surface area (Å²) in [5.74, 6) is -1.11. The molecule has 5 heteroatoms. The molecule has 90 valence electrons. The molecule has 0 aliphatic carbocycles. The second-order valence-corrected chi connectivity index (χ2v) is 3.32. The molecule has 0 heterocycles. The molecule has 1 aromatic rings. The van der Waals surface area contributed by atoms with Gasteiger partial charge in [-0.1, -0.05) is 36.4 Å². The zero-order valence-corrected chi connectivity index (χ0v) is 9.22. The van der Waals surface area contributed by atoms with Crippen LogP contribution in [0.5, 0.6) is 0 Å². The van der Waals surface area contributed by atoms with E-state index in [1.807, 2.05) is 0 Å². The van der Waals surface area contributed by atoms with Crippen LogP contribution in [-0.2, 0) is 4.79 Å². The number of nitrogens with one attached hydrogen (secondary N) is 2. The zero-order valence-electron chi connectivity index (χ0n) is 9.22. The van der Waals surface area contributed by atoms with Crippen LogP contribution in [0.1, 0.15) is 11.6 Å². The van der Waals surface area contributed by atoms with Gasteiger partial charge in [-0.3, -0.25) is 0 Å². The second kappa shape index (κ2) is 6.32. The SMILES string of the molecule is C=CCNC(=O)NC(C(=O)O)c1ccccc1. The van der Waals surface area contributed by atoms with Crippen LogP contribution in [0.25, 0.3) is 0 Å². The third-order valence-corrected chi connectivity index (χ3v) is 2.06. The summed E-state index contributed by atoms with van der Waals surface area (Å²) in [6, 6.07) is 6.91. The normalized spacial score (nSPS) is 11.3. The summed E-state index contributed by atoms with van der Waals surface area (Å²) >= 11 is 0. The van der Waals surface area contributed by atoms with Crippen molar-refractivity contribution in [2.75, 3.05) is 6.54 Å². The van der Waals surface area contributed by atoms with E-state index in [2.05, 4.69) is 17.2 Å². The van der Waals surface area contributed by atoms with Crippen LogP contribution in [0.15, 0.2) is 43.0 Å². The number of aliphatic carboxylic acids is 1. The molecule has 17 heavy (non-hydrogen) atoms. The number of hydrogen-bond acceptors (Lipinski definition) is 2. The number of urea groups is 1. The molecule has 0 bridgehead atoms. The molecular weight excluding hydrogens is 220 g/mol. The van der Waals surface area contributed by atoms with Gasteiger partial charge in [-0.15, -0.1) is 6.58 Å². The molecule has 0 aliphatic rings. The van der Waals surface area contributed by atoms with Crippen molar-refractivity contribution in [3.05, 3.63) is 48.6 Å². The van der Waals surface area contributed by atoms with Gasteiger partial charge in [0.25, 0.3) is 0 Å². The number of carboxylic acid groups (broad SMARTS) is 1. The Kier molecular flexibility index (Phi) is 4.75.